The fourth-order valence-corrected chi connectivity index (χ4v) is 3.76. The standard InChI is InChI=1S/C25H30N2O2S/c1-17-8-9-19(15-18(17)2)22-16-30-24(26-22)27-23(28)7-6-14-29-21-12-10-20(11-13-21)25(3,4)5/h8-13,15-16H,6-7,14H2,1-5H3,(H,26,27,28). The van der Waals surface area contributed by atoms with Gasteiger partial charge < -0.3 is 10.1 Å². The Hall–Kier alpha value is -2.66. The summed E-state index contributed by atoms with van der Waals surface area (Å²) in [6.45, 7) is 11.3. The predicted molar refractivity (Wildman–Crippen MR) is 126 cm³/mol. The third kappa shape index (κ3) is 5.92. The number of rotatable bonds is 7. The number of hydrogen-bond acceptors (Lipinski definition) is 4. The molecule has 4 nitrogen and oxygen atoms in total. The molecule has 0 atom stereocenters. The number of carbonyl (C=O) groups excluding carboxylic acids is 1. The van der Waals surface area contributed by atoms with Gasteiger partial charge in [0, 0.05) is 17.4 Å². The zero-order chi connectivity index (χ0) is 21.7. The van der Waals surface area contributed by atoms with E-state index in [4.69, 9.17) is 4.74 Å². The Morgan fingerprint density at radius 3 is 2.47 bits per heavy atom. The first-order valence-electron chi connectivity index (χ1n) is 10.3. The number of nitrogens with zero attached hydrogens (tertiary/aromatic N) is 1. The van der Waals surface area contributed by atoms with Crippen LogP contribution in [0.15, 0.2) is 47.8 Å². The van der Waals surface area contributed by atoms with Crippen molar-refractivity contribution in [1.82, 2.24) is 4.98 Å². The van der Waals surface area contributed by atoms with E-state index in [2.05, 4.69) is 75.3 Å². The van der Waals surface area contributed by atoms with Crippen LogP contribution in [-0.4, -0.2) is 17.5 Å². The SMILES string of the molecule is Cc1ccc(-c2csc(NC(=O)CCCOc3ccc(C(C)(C)C)cc3)n2)cc1C. The van der Waals surface area contributed by atoms with Gasteiger partial charge in [-0.1, -0.05) is 45.0 Å². The highest BCUT2D eigenvalue weighted by Gasteiger charge is 2.13. The number of ether oxygens (including phenoxy) is 1. The summed E-state index contributed by atoms with van der Waals surface area (Å²) >= 11 is 1.45. The molecule has 1 amide bonds. The van der Waals surface area contributed by atoms with Crippen molar-refractivity contribution in [3.63, 3.8) is 0 Å². The van der Waals surface area contributed by atoms with Crippen LogP contribution in [0.4, 0.5) is 5.13 Å². The van der Waals surface area contributed by atoms with E-state index in [0.717, 1.165) is 17.0 Å². The minimum absolute atomic E-state index is 0.0392. The van der Waals surface area contributed by atoms with Gasteiger partial charge in [-0.05, 0) is 60.6 Å². The highest BCUT2D eigenvalue weighted by Crippen LogP contribution is 2.27. The molecule has 1 heterocycles. The van der Waals surface area contributed by atoms with Gasteiger partial charge >= 0.3 is 0 Å². The maximum Gasteiger partial charge on any atom is 0.226 e. The summed E-state index contributed by atoms with van der Waals surface area (Å²) in [6.07, 6.45) is 1.06. The summed E-state index contributed by atoms with van der Waals surface area (Å²) in [6, 6.07) is 14.5. The van der Waals surface area contributed by atoms with Crippen molar-refractivity contribution in [2.45, 2.75) is 52.9 Å². The molecule has 158 valence electrons. The van der Waals surface area contributed by atoms with E-state index in [1.165, 1.54) is 28.0 Å². The first-order chi connectivity index (χ1) is 14.2. The Labute approximate surface area is 183 Å². The molecule has 0 bridgehead atoms. The number of anilines is 1. The van der Waals surface area contributed by atoms with E-state index in [9.17, 15) is 4.79 Å². The van der Waals surface area contributed by atoms with E-state index in [1.54, 1.807) is 0 Å². The van der Waals surface area contributed by atoms with Crippen molar-refractivity contribution >= 4 is 22.4 Å². The summed E-state index contributed by atoms with van der Waals surface area (Å²) in [4.78, 5) is 16.8. The molecule has 3 rings (SSSR count). The fourth-order valence-electron chi connectivity index (χ4n) is 3.02. The molecule has 0 radical (unpaired) electrons. The third-order valence-electron chi connectivity index (χ3n) is 5.09. The zero-order valence-corrected chi connectivity index (χ0v) is 19.2. The van der Waals surface area contributed by atoms with Crippen LogP contribution in [0.5, 0.6) is 5.75 Å². The van der Waals surface area contributed by atoms with Gasteiger partial charge in [0.15, 0.2) is 5.13 Å². The van der Waals surface area contributed by atoms with Crippen LogP contribution in [0.3, 0.4) is 0 Å². The van der Waals surface area contributed by atoms with Crippen molar-refractivity contribution < 1.29 is 9.53 Å². The lowest BCUT2D eigenvalue weighted by molar-refractivity contribution is -0.116. The molecule has 2 aromatic carbocycles. The summed E-state index contributed by atoms with van der Waals surface area (Å²) in [7, 11) is 0. The second-order valence-corrected chi connectivity index (χ2v) is 9.47. The van der Waals surface area contributed by atoms with Crippen LogP contribution in [-0.2, 0) is 10.2 Å². The molecule has 5 heteroatoms. The monoisotopic (exact) mass is 422 g/mol. The Kier molecular flexibility index (Phi) is 6.93. The van der Waals surface area contributed by atoms with Gasteiger partial charge in [-0.3, -0.25) is 4.79 Å². The third-order valence-corrected chi connectivity index (χ3v) is 5.85. The molecule has 0 fully saturated rings. The lowest BCUT2D eigenvalue weighted by atomic mass is 9.87. The number of aromatic nitrogens is 1. The fraction of sp³-hybridized carbons (Fsp3) is 0.360. The summed E-state index contributed by atoms with van der Waals surface area (Å²) in [5, 5.41) is 5.50. The highest BCUT2D eigenvalue weighted by atomic mass is 32.1. The van der Waals surface area contributed by atoms with Crippen LogP contribution in [0.25, 0.3) is 11.3 Å². The number of amides is 1. The molecule has 0 spiro atoms. The van der Waals surface area contributed by atoms with Gasteiger partial charge in [-0.25, -0.2) is 4.98 Å². The van der Waals surface area contributed by atoms with Crippen LogP contribution >= 0.6 is 11.3 Å². The minimum Gasteiger partial charge on any atom is -0.494 e. The van der Waals surface area contributed by atoms with Gasteiger partial charge in [0.2, 0.25) is 5.91 Å². The lowest BCUT2D eigenvalue weighted by Crippen LogP contribution is -2.13. The molecule has 30 heavy (non-hydrogen) atoms. The number of carbonyl (C=O) groups is 1. The zero-order valence-electron chi connectivity index (χ0n) is 18.4. The first kappa shape index (κ1) is 22.0. The average Bonchev–Trinajstić information content (AvgIpc) is 3.15. The molecule has 0 saturated carbocycles. The molecule has 1 aromatic heterocycles. The quantitative estimate of drug-likeness (QED) is 0.441. The summed E-state index contributed by atoms with van der Waals surface area (Å²) in [5.74, 6) is 0.795. The molecular formula is C25H30N2O2S. The van der Waals surface area contributed by atoms with Gasteiger partial charge in [0.1, 0.15) is 5.75 Å². The number of nitrogens with one attached hydrogen (secondary N) is 1. The van der Waals surface area contributed by atoms with Gasteiger partial charge in [0.05, 0.1) is 12.3 Å². The molecule has 0 aliphatic heterocycles. The van der Waals surface area contributed by atoms with Crippen molar-refractivity contribution in [2.24, 2.45) is 0 Å². The number of hydrogen-bond donors (Lipinski definition) is 1. The van der Waals surface area contributed by atoms with Crippen LogP contribution in [0.1, 0.15) is 50.3 Å². The molecule has 0 saturated heterocycles. The lowest BCUT2D eigenvalue weighted by Gasteiger charge is -2.19. The normalized spacial score (nSPS) is 11.4. The highest BCUT2D eigenvalue weighted by molar-refractivity contribution is 7.14. The molecule has 0 aliphatic rings. The Balaban J connectivity index is 1.44. The average molecular weight is 423 g/mol. The van der Waals surface area contributed by atoms with Crippen LogP contribution in [0, 0.1) is 13.8 Å². The Morgan fingerprint density at radius 2 is 1.80 bits per heavy atom. The van der Waals surface area contributed by atoms with Crippen molar-refractivity contribution in [1.29, 1.82) is 0 Å². The molecule has 0 unspecified atom stereocenters. The molecular weight excluding hydrogens is 392 g/mol. The molecule has 1 N–H and O–H groups in total. The van der Waals surface area contributed by atoms with Crippen molar-refractivity contribution in [3.8, 4) is 17.0 Å². The van der Waals surface area contributed by atoms with Crippen molar-refractivity contribution in [3.05, 3.63) is 64.5 Å². The largest absolute Gasteiger partial charge is 0.494 e. The number of aryl methyl sites for hydroxylation is 2. The van der Waals surface area contributed by atoms with E-state index in [-0.39, 0.29) is 11.3 Å². The van der Waals surface area contributed by atoms with Crippen LogP contribution in [0.2, 0.25) is 0 Å². The van der Waals surface area contributed by atoms with E-state index >= 15 is 0 Å². The van der Waals surface area contributed by atoms with E-state index < -0.39 is 0 Å². The molecule has 0 aliphatic carbocycles. The smallest absolute Gasteiger partial charge is 0.226 e. The van der Waals surface area contributed by atoms with Crippen LogP contribution < -0.4 is 10.1 Å². The Bertz CT molecular complexity index is 1000. The minimum atomic E-state index is -0.0392. The van der Waals surface area contributed by atoms with E-state index in [1.807, 2.05) is 17.5 Å². The van der Waals surface area contributed by atoms with Crippen molar-refractivity contribution in [2.75, 3.05) is 11.9 Å². The maximum absolute atomic E-state index is 12.2. The second kappa shape index (κ2) is 9.43. The topological polar surface area (TPSA) is 51.2 Å². The predicted octanol–water partition coefficient (Wildman–Crippen LogP) is 6.52. The van der Waals surface area contributed by atoms with Gasteiger partial charge in [0.25, 0.3) is 0 Å². The second-order valence-electron chi connectivity index (χ2n) is 8.61. The van der Waals surface area contributed by atoms with Gasteiger partial charge in [-0.2, -0.15) is 0 Å². The maximum atomic E-state index is 12.2. The summed E-state index contributed by atoms with van der Waals surface area (Å²) in [5.41, 5.74) is 5.86. The molecule has 3 aromatic rings. The van der Waals surface area contributed by atoms with E-state index in [0.29, 0.717) is 24.6 Å². The Morgan fingerprint density at radius 1 is 1.07 bits per heavy atom. The number of thiazole rings is 1. The van der Waals surface area contributed by atoms with Gasteiger partial charge in [-0.15, -0.1) is 11.3 Å². The number of benzene rings is 2. The first-order valence-corrected chi connectivity index (χ1v) is 11.2. The summed E-state index contributed by atoms with van der Waals surface area (Å²) < 4.78 is 5.76.